The van der Waals surface area contributed by atoms with Crippen LogP contribution >= 0.6 is 0 Å². The molecular weight excluding hydrogens is 388 g/mol. The second-order valence-electron chi connectivity index (χ2n) is 7.84. The Morgan fingerprint density at radius 3 is 1.90 bits per heavy atom. The van der Waals surface area contributed by atoms with Crippen molar-refractivity contribution in [3.63, 3.8) is 0 Å². The highest BCUT2D eigenvalue weighted by atomic mass is 16.5. The van der Waals surface area contributed by atoms with E-state index in [2.05, 4.69) is 12.1 Å². The molecule has 0 atom stereocenters. The van der Waals surface area contributed by atoms with Gasteiger partial charge in [0.05, 0.1) is 5.41 Å². The number of carbonyl (C=O) groups is 2. The first-order valence-electron chi connectivity index (χ1n) is 10.2. The average molecular weight is 415 g/mol. The van der Waals surface area contributed by atoms with Crippen molar-refractivity contribution < 1.29 is 19.1 Å². The van der Waals surface area contributed by atoms with Crippen molar-refractivity contribution >= 4 is 18.0 Å². The molecule has 3 rings (SSSR count). The molecule has 0 unspecified atom stereocenters. The highest BCUT2D eigenvalue weighted by Crippen LogP contribution is 2.25. The van der Waals surface area contributed by atoms with Crippen LogP contribution in [0.25, 0.3) is 17.2 Å². The van der Waals surface area contributed by atoms with Crippen LogP contribution in [0, 0.1) is 5.41 Å². The molecule has 0 aromatic heterocycles. The summed E-state index contributed by atoms with van der Waals surface area (Å²) in [4.78, 5) is 24.2. The molecule has 4 heteroatoms. The van der Waals surface area contributed by atoms with E-state index in [1.807, 2.05) is 63.2 Å². The SMILES string of the molecule is CCC(C)(C)C(=O)Oc1ccc(OC(=O)C=Cc2ccc(-c3ccccc3)cc2)cc1. The molecule has 31 heavy (non-hydrogen) atoms. The van der Waals surface area contributed by atoms with E-state index in [9.17, 15) is 9.59 Å². The standard InChI is InChI=1S/C27H26O4/c1-4-27(2,3)26(29)31-24-17-15-23(16-18-24)30-25(28)19-12-20-10-13-22(14-11-20)21-8-6-5-7-9-21/h5-19H,4H2,1-3H3. The van der Waals surface area contributed by atoms with Crippen molar-refractivity contribution in [3.8, 4) is 22.6 Å². The van der Waals surface area contributed by atoms with Crippen LogP contribution in [-0.4, -0.2) is 11.9 Å². The molecule has 0 amide bonds. The summed E-state index contributed by atoms with van der Waals surface area (Å²) in [6.45, 7) is 5.62. The molecule has 158 valence electrons. The number of benzene rings is 3. The summed E-state index contributed by atoms with van der Waals surface area (Å²) in [6, 6.07) is 24.4. The third kappa shape index (κ3) is 6.16. The molecule has 0 aliphatic rings. The maximum absolute atomic E-state index is 12.1. The Labute approximate surface area is 183 Å². The van der Waals surface area contributed by atoms with Gasteiger partial charge in [-0.1, -0.05) is 61.5 Å². The van der Waals surface area contributed by atoms with Crippen molar-refractivity contribution in [1.29, 1.82) is 0 Å². The van der Waals surface area contributed by atoms with E-state index in [-0.39, 0.29) is 5.97 Å². The Kier molecular flexibility index (Phi) is 7.03. The summed E-state index contributed by atoms with van der Waals surface area (Å²) >= 11 is 0. The summed E-state index contributed by atoms with van der Waals surface area (Å²) in [5.41, 5.74) is 2.61. The van der Waals surface area contributed by atoms with E-state index in [1.165, 1.54) is 6.08 Å². The van der Waals surface area contributed by atoms with Gasteiger partial charge in [-0.2, -0.15) is 0 Å². The van der Waals surface area contributed by atoms with Crippen molar-refractivity contribution in [3.05, 3.63) is 90.5 Å². The van der Waals surface area contributed by atoms with Crippen LogP contribution < -0.4 is 9.47 Å². The Balaban J connectivity index is 1.55. The minimum atomic E-state index is -0.546. The lowest BCUT2D eigenvalue weighted by atomic mass is 9.91. The highest BCUT2D eigenvalue weighted by Gasteiger charge is 2.27. The zero-order valence-corrected chi connectivity index (χ0v) is 18.0. The second-order valence-corrected chi connectivity index (χ2v) is 7.84. The Morgan fingerprint density at radius 1 is 0.774 bits per heavy atom. The van der Waals surface area contributed by atoms with Gasteiger partial charge in [0.15, 0.2) is 0 Å². The zero-order valence-electron chi connectivity index (χ0n) is 18.0. The largest absolute Gasteiger partial charge is 0.426 e. The molecule has 0 aliphatic carbocycles. The summed E-state index contributed by atoms with van der Waals surface area (Å²) in [7, 11) is 0. The average Bonchev–Trinajstić information content (AvgIpc) is 2.80. The van der Waals surface area contributed by atoms with Gasteiger partial charge in [-0.15, -0.1) is 0 Å². The normalized spacial score (nSPS) is 11.3. The molecule has 0 radical (unpaired) electrons. The Bertz CT molecular complexity index is 1050. The van der Waals surface area contributed by atoms with Crippen LogP contribution in [0.5, 0.6) is 11.5 Å². The predicted octanol–water partition coefficient (Wildman–Crippen LogP) is 6.31. The molecule has 0 N–H and O–H groups in total. The maximum atomic E-state index is 12.1. The lowest BCUT2D eigenvalue weighted by molar-refractivity contribution is -0.144. The van der Waals surface area contributed by atoms with E-state index in [4.69, 9.17) is 9.47 Å². The van der Waals surface area contributed by atoms with Crippen LogP contribution in [0.3, 0.4) is 0 Å². The number of hydrogen-bond donors (Lipinski definition) is 0. The number of hydrogen-bond acceptors (Lipinski definition) is 4. The molecule has 0 saturated heterocycles. The van der Waals surface area contributed by atoms with Crippen LogP contribution in [0.15, 0.2) is 84.9 Å². The number of carbonyl (C=O) groups excluding carboxylic acids is 2. The van der Waals surface area contributed by atoms with Gasteiger partial charge >= 0.3 is 11.9 Å². The van der Waals surface area contributed by atoms with Gasteiger partial charge in [0, 0.05) is 6.08 Å². The van der Waals surface area contributed by atoms with E-state index in [0.29, 0.717) is 17.9 Å². The fourth-order valence-electron chi connectivity index (χ4n) is 2.70. The topological polar surface area (TPSA) is 52.6 Å². The van der Waals surface area contributed by atoms with Gasteiger partial charge < -0.3 is 9.47 Å². The summed E-state index contributed by atoms with van der Waals surface area (Å²) in [6.07, 6.45) is 3.78. The molecule has 3 aromatic rings. The van der Waals surface area contributed by atoms with Gasteiger partial charge in [-0.25, -0.2) is 4.79 Å². The van der Waals surface area contributed by atoms with Crippen LogP contribution in [0.4, 0.5) is 0 Å². The van der Waals surface area contributed by atoms with E-state index in [0.717, 1.165) is 16.7 Å². The molecule has 0 fully saturated rings. The molecule has 0 spiro atoms. The Morgan fingerprint density at radius 2 is 1.32 bits per heavy atom. The predicted molar refractivity (Wildman–Crippen MR) is 123 cm³/mol. The van der Waals surface area contributed by atoms with Gasteiger partial charge in [0.25, 0.3) is 0 Å². The van der Waals surface area contributed by atoms with Crippen LogP contribution in [0.1, 0.15) is 32.8 Å². The molecule has 0 heterocycles. The first-order valence-corrected chi connectivity index (χ1v) is 10.2. The third-order valence-electron chi connectivity index (χ3n) is 5.12. The molecule has 3 aromatic carbocycles. The smallest absolute Gasteiger partial charge is 0.336 e. The number of esters is 2. The fraction of sp³-hybridized carbons (Fsp3) is 0.185. The Hall–Kier alpha value is -3.66. The highest BCUT2D eigenvalue weighted by molar-refractivity contribution is 5.88. The van der Waals surface area contributed by atoms with Crippen LogP contribution in [0.2, 0.25) is 0 Å². The van der Waals surface area contributed by atoms with Crippen molar-refractivity contribution in [2.75, 3.05) is 0 Å². The molecule has 0 aliphatic heterocycles. The zero-order chi connectivity index (χ0) is 22.3. The minimum Gasteiger partial charge on any atom is -0.426 e. The van der Waals surface area contributed by atoms with Gasteiger partial charge in [0.2, 0.25) is 0 Å². The first kappa shape index (κ1) is 22.0. The quantitative estimate of drug-likeness (QED) is 0.258. The third-order valence-corrected chi connectivity index (χ3v) is 5.12. The maximum Gasteiger partial charge on any atom is 0.336 e. The monoisotopic (exact) mass is 414 g/mol. The fourth-order valence-corrected chi connectivity index (χ4v) is 2.70. The number of rotatable bonds is 7. The van der Waals surface area contributed by atoms with Crippen molar-refractivity contribution in [2.45, 2.75) is 27.2 Å². The lowest BCUT2D eigenvalue weighted by Gasteiger charge is -2.20. The van der Waals surface area contributed by atoms with E-state index >= 15 is 0 Å². The number of ether oxygens (including phenoxy) is 2. The molecule has 0 bridgehead atoms. The van der Waals surface area contributed by atoms with Gasteiger partial charge in [0.1, 0.15) is 11.5 Å². The van der Waals surface area contributed by atoms with Crippen LogP contribution in [-0.2, 0) is 9.59 Å². The second kappa shape index (κ2) is 9.90. The summed E-state index contributed by atoms with van der Waals surface area (Å²) in [5, 5.41) is 0. The molecule has 0 saturated carbocycles. The minimum absolute atomic E-state index is 0.291. The molecular formula is C27H26O4. The molecule has 4 nitrogen and oxygen atoms in total. The van der Waals surface area contributed by atoms with Gasteiger partial charge in [-0.05, 0) is 67.3 Å². The summed E-state index contributed by atoms with van der Waals surface area (Å²) in [5.74, 6) is 0.0222. The van der Waals surface area contributed by atoms with Crippen molar-refractivity contribution in [1.82, 2.24) is 0 Å². The van der Waals surface area contributed by atoms with E-state index < -0.39 is 11.4 Å². The van der Waals surface area contributed by atoms with Gasteiger partial charge in [-0.3, -0.25) is 4.79 Å². The van der Waals surface area contributed by atoms with Crippen molar-refractivity contribution in [2.24, 2.45) is 5.41 Å². The first-order chi connectivity index (χ1) is 14.9. The lowest BCUT2D eigenvalue weighted by Crippen LogP contribution is -2.28. The van der Waals surface area contributed by atoms with E-state index in [1.54, 1.807) is 30.3 Å². The summed E-state index contributed by atoms with van der Waals surface area (Å²) < 4.78 is 10.7.